The zero-order valence-corrected chi connectivity index (χ0v) is 14.6. The Morgan fingerprint density at radius 3 is 2.23 bits per heavy atom. The molecule has 0 unspecified atom stereocenters. The van der Waals surface area contributed by atoms with Crippen molar-refractivity contribution < 1.29 is 13.0 Å². The Morgan fingerprint density at radius 1 is 1.00 bits per heavy atom. The van der Waals surface area contributed by atoms with Crippen LogP contribution in [-0.2, 0) is 16.5 Å². The summed E-state index contributed by atoms with van der Waals surface area (Å²) in [7, 11) is -2.00. The average molecular weight is 326 g/mol. The Bertz CT molecular complexity index is 511. The van der Waals surface area contributed by atoms with Gasteiger partial charge in [-0.05, 0) is 37.0 Å². The topological polar surface area (TPSA) is 60.4 Å². The number of hydrogen-bond acceptors (Lipinski definition) is 4. The van der Waals surface area contributed by atoms with E-state index in [4.69, 9.17) is 0 Å². The third kappa shape index (κ3) is 8.39. The molecule has 1 aromatic carbocycles. The summed E-state index contributed by atoms with van der Waals surface area (Å²) in [5.41, 5.74) is 2.25. The number of aryl methyl sites for hydroxylation is 1. The molecule has 0 aromatic heterocycles. The van der Waals surface area contributed by atoms with Gasteiger partial charge in [-0.25, -0.2) is 8.42 Å². The van der Waals surface area contributed by atoms with Crippen molar-refractivity contribution in [2.24, 2.45) is 0 Å². The highest BCUT2D eigenvalue weighted by Crippen LogP contribution is 2.16. The Morgan fingerprint density at radius 2 is 1.64 bits per heavy atom. The van der Waals surface area contributed by atoms with Crippen LogP contribution >= 0.6 is 0 Å². The molecule has 0 N–H and O–H groups in total. The second-order valence-corrected chi connectivity index (χ2v) is 7.39. The van der Waals surface area contributed by atoms with E-state index >= 15 is 0 Å². The zero-order valence-electron chi connectivity index (χ0n) is 13.8. The van der Waals surface area contributed by atoms with Gasteiger partial charge in [0.25, 0.3) is 0 Å². The van der Waals surface area contributed by atoms with Crippen molar-refractivity contribution >= 4 is 15.8 Å². The number of unbranched alkanes of at least 4 members (excludes halogenated alkanes) is 4. The summed E-state index contributed by atoms with van der Waals surface area (Å²) in [5, 5.41) is 0. The van der Waals surface area contributed by atoms with E-state index in [0.717, 1.165) is 12.1 Å². The quantitative estimate of drug-likeness (QED) is 0.461. The largest absolute Gasteiger partial charge is 0.748 e. The second kappa shape index (κ2) is 9.85. The minimum Gasteiger partial charge on any atom is -0.748 e. The first-order valence-corrected chi connectivity index (χ1v) is 9.74. The lowest BCUT2D eigenvalue weighted by Crippen LogP contribution is -2.18. The van der Waals surface area contributed by atoms with E-state index in [0.29, 0.717) is 12.8 Å². The first-order valence-electron chi connectivity index (χ1n) is 8.16. The summed E-state index contributed by atoms with van der Waals surface area (Å²) >= 11 is 0. The Balaban J connectivity index is 2.33. The molecule has 0 aliphatic carbocycles. The van der Waals surface area contributed by atoms with E-state index in [9.17, 15) is 13.0 Å². The van der Waals surface area contributed by atoms with Gasteiger partial charge in [0.2, 0.25) is 0 Å². The SMILES string of the molecule is CCCCCCCN(C)c1ccc(CCCS(=O)(=O)[O-])cc1. The van der Waals surface area contributed by atoms with Gasteiger partial charge in [-0.2, -0.15) is 0 Å². The van der Waals surface area contributed by atoms with E-state index in [1.54, 1.807) is 0 Å². The van der Waals surface area contributed by atoms with Gasteiger partial charge in [-0.1, -0.05) is 44.7 Å². The van der Waals surface area contributed by atoms with Crippen molar-refractivity contribution in [2.45, 2.75) is 51.9 Å². The molecule has 4 nitrogen and oxygen atoms in total. The maximum atomic E-state index is 10.6. The lowest BCUT2D eigenvalue weighted by molar-refractivity contribution is 0.461. The molecule has 126 valence electrons. The summed E-state index contributed by atoms with van der Waals surface area (Å²) in [6.07, 6.45) is 7.40. The van der Waals surface area contributed by atoms with E-state index in [1.807, 2.05) is 12.1 Å². The van der Waals surface area contributed by atoms with Crippen LogP contribution in [0.15, 0.2) is 24.3 Å². The number of benzene rings is 1. The van der Waals surface area contributed by atoms with Crippen LogP contribution in [0.25, 0.3) is 0 Å². The molecule has 1 rings (SSSR count). The van der Waals surface area contributed by atoms with Crippen molar-refractivity contribution in [3.63, 3.8) is 0 Å². The Kier molecular flexibility index (Phi) is 8.49. The van der Waals surface area contributed by atoms with Gasteiger partial charge < -0.3 is 9.45 Å². The molecule has 0 heterocycles. The summed E-state index contributed by atoms with van der Waals surface area (Å²) < 4.78 is 31.7. The van der Waals surface area contributed by atoms with E-state index in [2.05, 4.69) is 31.0 Å². The van der Waals surface area contributed by atoms with Crippen molar-refractivity contribution in [2.75, 3.05) is 24.2 Å². The highest BCUT2D eigenvalue weighted by molar-refractivity contribution is 7.85. The molecule has 1 aromatic rings. The number of rotatable bonds is 11. The molecule has 0 spiro atoms. The molecule has 0 aliphatic heterocycles. The van der Waals surface area contributed by atoms with Crippen LogP contribution < -0.4 is 4.90 Å². The fraction of sp³-hybridized carbons (Fsp3) is 0.647. The molecule has 0 atom stereocenters. The van der Waals surface area contributed by atoms with Crippen molar-refractivity contribution in [1.82, 2.24) is 0 Å². The second-order valence-electron chi connectivity index (χ2n) is 5.87. The molecule has 0 amide bonds. The van der Waals surface area contributed by atoms with Crippen LogP contribution in [0.3, 0.4) is 0 Å². The van der Waals surface area contributed by atoms with Gasteiger partial charge >= 0.3 is 0 Å². The molecule has 0 bridgehead atoms. The van der Waals surface area contributed by atoms with Crippen molar-refractivity contribution in [3.05, 3.63) is 29.8 Å². The van der Waals surface area contributed by atoms with Crippen LogP contribution in [0.5, 0.6) is 0 Å². The number of anilines is 1. The highest BCUT2D eigenvalue weighted by Gasteiger charge is 2.02. The Labute approximate surface area is 135 Å². The minimum atomic E-state index is -4.09. The van der Waals surface area contributed by atoms with Gasteiger partial charge in [0.15, 0.2) is 0 Å². The van der Waals surface area contributed by atoms with Gasteiger partial charge in [0, 0.05) is 25.0 Å². The van der Waals surface area contributed by atoms with Gasteiger partial charge in [0.05, 0.1) is 10.1 Å². The summed E-state index contributed by atoms with van der Waals surface area (Å²) in [6.45, 7) is 3.28. The maximum absolute atomic E-state index is 10.6. The summed E-state index contributed by atoms with van der Waals surface area (Å²) in [5.74, 6) is -0.285. The molecule has 0 saturated carbocycles. The van der Waals surface area contributed by atoms with Gasteiger partial charge in [-0.3, -0.25) is 0 Å². The van der Waals surface area contributed by atoms with Crippen LogP contribution in [0.1, 0.15) is 51.0 Å². The van der Waals surface area contributed by atoms with Crippen LogP contribution in [0.4, 0.5) is 5.69 Å². The molecule has 22 heavy (non-hydrogen) atoms. The first-order chi connectivity index (χ1) is 10.4. The van der Waals surface area contributed by atoms with Crippen molar-refractivity contribution in [1.29, 1.82) is 0 Å². The molecular weight excluding hydrogens is 298 g/mol. The molecule has 0 aliphatic rings. The van der Waals surface area contributed by atoms with Crippen LogP contribution in [0, 0.1) is 0 Å². The molecular formula is C17H28NO3S-. The number of nitrogens with zero attached hydrogens (tertiary/aromatic N) is 1. The fourth-order valence-corrected chi connectivity index (χ4v) is 2.95. The minimum absolute atomic E-state index is 0.285. The number of hydrogen-bond donors (Lipinski definition) is 0. The molecule has 5 heteroatoms. The molecule has 0 saturated heterocycles. The first kappa shape index (κ1) is 19.0. The summed E-state index contributed by atoms with van der Waals surface area (Å²) in [4.78, 5) is 2.25. The Hall–Kier alpha value is -1.07. The normalized spacial score (nSPS) is 11.6. The van der Waals surface area contributed by atoms with Crippen LogP contribution in [-0.4, -0.2) is 32.3 Å². The monoisotopic (exact) mass is 326 g/mol. The fourth-order valence-electron chi connectivity index (χ4n) is 2.45. The maximum Gasteiger partial charge on any atom is 0.0946 e. The van der Waals surface area contributed by atoms with Crippen LogP contribution in [0.2, 0.25) is 0 Å². The standard InChI is InChI=1S/C17H29NO3S/c1-3-4-5-6-7-14-18(2)17-12-10-16(11-13-17)9-8-15-22(19,20)21/h10-13H,3-9,14-15H2,1-2H3,(H,19,20,21)/p-1. The third-order valence-corrected chi connectivity index (χ3v) is 4.62. The average Bonchev–Trinajstić information content (AvgIpc) is 2.46. The van der Waals surface area contributed by atoms with Gasteiger partial charge in [-0.15, -0.1) is 0 Å². The lowest BCUT2D eigenvalue weighted by atomic mass is 10.1. The smallest absolute Gasteiger partial charge is 0.0946 e. The van der Waals surface area contributed by atoms with Crippen molar-refractivity contribution in [3.8, 4) is 0 Å². The predicted octanol–water partition coefficient (Wildman–Crippen LogP) is 3.57. The predicted molar refractivity (Wildman–Crippen MR) is 91.4 cm³/mol. The van der Waals surface area contributed by atoms with Gasteiger partial charge in [0.1, 0.15) is 0 Å². The lowest BCUT2D eigenvalue weighted by Gasteiger charge is -2.19. The van der Waals surface area contributed by atoms with E-state index < -0.39 is 10.1 Å². The van der Waals surface area contributed by atoms with E-state index in [-0.39, 0.29) is 5.75 Å². The zero-order chi connectivity index (χ0) is 16.4. The highest BCUT2D eigenvalue weighted by atomic mass is 32.2. The summed E-state index contributed by atoms with van der Waals surface area (Å²) in [6, 6.07) is 8.15. The van der Waals surface area contributed by atoms with E-state index in [1.165, 1.54) is 37.8 Å². The third-order valence-electron chi connectivity index (χ3n) is 3.83. The molecule has 0 fully saturated rings. The molecule has 0 radical (unpaired) electrons.